The van der Waals surface area contributed by atoms with Gasteiger partial charge in [0.25, 0.3) is 0 Å². The van der Waals surface area contributed by atoms with Gasteiger partial charge in [0.05, 0.1) is 0 Å². The van der Waals surface area contributed by atoms with E-state index in [4.69, 9.17) is 0 Å². The summed E-state index contributed by atoms with van der Waals surface area (Å²) in [5.41, 5.74) is 19.9. The highest BCUT2D eigenvalue weighted by Crippen LogP contribution is 2.56. The van der Waals surface area contributed by atoms with Crippen molar-refractivity contribution in [2.45, 2.75) is 64.2 Å². The molecule has 270 valence electrons. The number of nitrogens with zero attached hydrogens (tertiary/aromatic N) is 1. The summed E-state index contributed by atoms with van der Waals surface area (Å²) in [6, 6.07) is 60.9. The highest BCUT2D eigenvalue weighted by molar-refractivity contribution is 5.88. The van der Waals surface area contributed by atoms with Gasteiger partial charge in [-0.2, -0.15) is 0 Å². The second kappa shape index (κ2) is 14.1. The first-order chi connectivity index (χ1) is 27.0. The predicted molar refractivity (Wildman–Crippen MR) is 236 cm³/mol. The van der Waals surface area contributed by atoms with Gasteiger partial charge in [-0.05, 0) is 135 Å². The van der Waals surface area contributed by atoms with Gasteiger partial charge in [-0.25, -0.2) is 0 Å². The molecule has 7 aromatic carbocycles. The largest absolute Gasteiger partial charge is 0.310 e. The van der Waals surface area contributed by atoms with E-state index in [9.17, 15) is 0 Å². The van der Waals surface area contributed by atoms with Gasteiger partial charge in [0.1, 0.15) is 0 Å². The zero-order valence-corrected chi connectivity index (χ0v) is 32.5. The molecule has 1 nitrogen and oxygen atoms in total. The Kier molecular flexibility index (Phi) is 8.90. The quantitative estimate of drug-likeness (QED) is 0.128. The van der Waals surface area contributed by atoms with Gasteiger partial charge in [-0.15, -0.1) is 0 Å². The monoisotopic (exact) mass is 711 g/mol. The van der Waals surface area contributed by atoms with Crippen LogP contribution in [0.3, 0.4) is 0 Å². The maximum Gasteiger partial charge on any atom is 0.0465 e. The minimum atomic E-state index is -0.0522. The Morgan fingerprint density at radius 1 is 0.364 bits per heavy atom. The van der Waals surface area contributed by atoms with Gasteiger partial charge >= 0.3 is 0 Å². The smallest absolute Gasteiger partial charge is 0.0465 e. The lowest BCUT2D eigenvalue weighted by Gasteiger charge is -2.32. The van der Waals surface area contributed by atoms with E-state index in [2.05, 4.69) is 209 Å². The van der Waals surface area contributed by atoms with E-state index < -0.39 is 0 Å². The molecule has 2 aliphatic rings. The summed E-state index contributed by atoms with van der Waals surface area (Å²) in [4.78, 5) is 2.39. The molecule has 0 bridgehead atoms. The third-order valence-electron chi connectivity index (χ3n) is 13.0. The molecule has 7 aromatic rings. The molecular weight excluding hydrogens is 663 g/mol. The summed E-state index contributed by atoms with van der Waals surface area (Å²) in [5.74, 6) is 0. The van der Waals surface area contributed by atoms with E-state index in [0.717, 1.165) is 37.1 Å². The highest BCUT2D eigenvalue weighted by atomic mass is 15.1. The van der Waals surface area contributed by atoms with E-state index in [-0.39, 0.29) is 10.8 Å². The minimum absolute atomic E-state index is 0.00988. The zero-order valence-electron chi connectivity index (χ0n) is 32.5. The Labute approximate surface area is 327 Å². The molecule has 0 N–H and O–H groups in total. The Balaban J connectivity index is 1.06. The van der Waals surface area contributed by atoms with E-state index in [1.165, 1.54) is 72.4 Å². The number of rotatable bonds is 10. The highest BCUT2D eigenvalue weighted by Gasteiger charge is 2.42. The molecule has 55 heavy (non-hydrogen) atoms. The third-order valence-corrected chi connectivity index (χ3v) is 13.0. The Bertz CT molecular complexity index is 2480. The first kappa shape index (κ1) is 34.8. The van der Waals surface area contributed by atoms with Gasteiger partial charge in [0.2, 0.25) is 0 Å². The lowest BCUT2D eigenvalue weighted by molar-refractivity contribution is 0.490. The Morgan fingerprint density at radius 2 is 0.764 bits per heavy atom. The first-order valence-electron chi connectivity index (χ1n) is 20.3. The summed E-state index contributed by atoms with van der Waals surface area (Å²) in [6.45, 7) is 9.45. The standard InChI is InChI=1S/C54H49N/c1-5-53(6-2)49-34-38(26-30-45(49)47-32-28-41(36-51(47)53)40-18-12-9-13-19-40)24-25-39-27-31-46-48-33-29-44(37-52(48)54(7-3,8-4)50(46)35-39)55(42-20-14-10-15-21-42)43-22-16-11-17-23-43/h9-37H,5-8H2,1-4H3/b25-24+. The molecule has 1 heteroatoms. The van der Waals surface area contributed by atoms with E-state index >= 15 is 0 Å². The fraction of sp³-hybridized carbons (Fsp3) is 0.185. The molecule has 0 aromatic heterocycles. The molecule has 0 saturated carbocycles. The van der Waals surface area contributed by atoms with Crippen molar-refractivity contribution in [3.8, 4) is 33.4 Å². The van der Waals surface area contributed by atoms with Crippen LogP contribution in [-0.4, -0.2) is 0 Å². The maximum atomic E-state index is 2.47. The lowest BCUT2D eigenvalue weighted by atomic mass is 9.73. The van der Waals surface area contributed by atoms with Crippen molar-refractivity contribution in [3.05, 3.63) is 197 Å². The van der Waals surface area contributed by atoms with Crippen molar-refractivity contribution in [2.24, 2.45) is 0 Å². The van der Waals surface area contributed by atoms with Crippen LogP contribution in [0.2, 0.25) is 0 Å². The van der Waals surface area contributed by atoms with Crippen LogP contribution in [-0.2, 0) is 10.8 Å². The number of hydrogen-bond acceptors (Lipinski definition) is 1. The second-order valence-electron chi connectivity index (χ2n) is 15.4. The Morgan fingerprint density at radius 3 is 1.24 bits per heavy atom. The van der Waals surface area contributed by atoms with Gasteiger partial charge in [0, 0.05) is 27.9 Å². The minimum Gasteiger partial charge on any atom is -0.310 e. The summed E-state index contributed by atoms with van der Waals surface area (Å²) >= 11 is 0. The summed E-state index contributed by atoms with van der Waals surface area (Å²) in [7, 11) is 0. The molecule has 0 atom stereocenters. The van der Waals surface area contributed by atoms with E-state index in [0.29, 0.717) is 0 Å². The van der Waals surface area contributed by atoms with Crippen molar-refractivity contribution in [2.75, 3.05) is 4.90 Å². The molecule has 9 rings (SSSR count). The summed E-state index contributed by atoms with van der Waals surface area (Å²) < 4.78 is 0. The van der Waals surface area contributed by atoms with Crippen LogP contribution in [0.25, 0.3) is 45.5 Å². The molecule has 0 saturated heterocycles. The van der Waals surface area contributed by atoms with Crippen molar-refractivity contribution < 1.29 is 0 Å². The molecule has 2 aliphatic carbocycles. The number of benzene rings is 7. The van der Waals surface area contributed by atoms with Gasteiger partial charge in [0.15, 0.2) is 0 Å². The SMILES string of the molecule is CCC1(CC)c2cc(/C=C/c3ccc4c(c3)C(CC)(CC)c3cc(N(c5ccccc5)c5ccccc5)ccc3-4)ccc2-c2ccc(-c3ccccc3)cc21. The number of hydrogen-bond donors (Lipinski definition) is 0. The number of fused-ring (bicyclic) bond motifs is 6. The average Bonchev–Trinajstić information content (AvgIpc) is 3.69. The first-order valence-corrected chi connectivity index (χ1v) is 20.3. The van der Waals surface area contributed by atoms with Gasteiger partial charge in [-0.1, -0.05) is 161 Å². The molecular formula is C54H49N. The topological polar surface area (TPSA) is 3.24 Å². The maximum absolute atomic E-state index is 2.47. The number of para-hydroxylation sites is 2. The van der Waals surface area contributed by atoms with Crippen molar-refractivity contribution in [3.63, 3.8) is 0 Å². The molecule has 0 unspecified atom stereocenters. The molecule has 0 radical (unpaired) electrons. The van der Waals surface area contributed by atoms with Gasteiger partial charge in [-0.3, -0.25) is 0 Å². The van der Waals surface area contributed by atoms with E-state index in [1.807, 2.05) is 0 Å². The van der Waals surface area contributed by atoms with Crippen LogP contribution in [0, 0.1) is 0 Å². The van der Waals surface area contributed by atoms with Crippen molar-refractivity contribution in [1.82, 2.24) is 0 Å². The van der Waals surface area contributed by atoms with Gasteiger partial charge < -0.3 is 4.90 Å². The van der Waals surface area contributed by atoms with Crippen LogP contribution < -0.4 is 4.90 Å². The summed E-state index contributed by atoms with van der Waals surface area (Å²) in [5, 5.41) is 0. The fourth-order valence-electron chi connectivity index (χ4n) is 9.99. The van der Waals surface area contributed by atoms with Crippen molar-refractivity contribution in [1.29, 1.82) is 0 Å². The lowest BCUT2D eigenvalue weighted by Crippen LogP contribution is -2.23. The van der Waals surface area contributed by atoms with Crippen LogP contribution in [0.1, 0.15) is 86.8 Å². The normalized spacial score (nSPS) is 14.3. The molecule has 0 spiro atoms. The molecule has 0 amide bonds. The van der Waals surface area contributed by atoms with Crippen LogP contribution in [0.5, 0.6) is 0 Å². The molecule has 0 fully saturated rings. The van der Waals surface area contributed by atoms with Crippen molar-refractivity contribution >= 4 is 29.2 Å². The summed E-state index contributed by atoms with van der Waals surface area (Å²) in [6.07, 6.45) is 8.90. The fourth-order valence-corrected chi connectivity index (χ4v) is 9.99. The second-order valence-corrected chi connectivity index (χ2v) is 15.4. The number of anilines is 3. The van der Waals surface area contributed by atoms with E-state index in [1.54, 1.807) is 0 Å². The predicted octanol–water partition coefficient (Wildman–Crippen LogP) is 15.2. The zero-order chi connectivity index (χ0) is 37.6. The molecule has 0 heterocycles. The Hall–Kier alpha value is -5.92. The van der Waals surface area contributed by atoms with Crippen LogP contribution in [0.4, 0.5) is 17.1 Å². The van der Waals surface area contributed by atoms with Crippen LogP contribution in [0.15, 0.2) is 164 Å². The average molecular weight is 712 g/mol. The molecule has 0 aliphatic heterocycles. The third kappa shape index (κ3) is 5.60. The van der Waals surface area contributed by atoms with Crippen LogP contribution >= 0.6 is 0 Å².